The van der Waals surface area contributed by atoms with E-state index in [4.69, 9.17) is 11.6 Å². The molecule has 0 aliphatic rings. The first kappa shape index (κ1) is 9.98. The van der Waals surface area contributed by atoms with Crippen LogP contribution >= 0.6 is 11.6 Å². The molecule has 0 amide bonds. The summed E-state index contributed by atoms with van der Waals surface area (Å²) < 4.78 is 1.31. The molecule has 0 atom stereocenters. The molecule has 0 unspecified atom stereocenters. The molecule has 0 saturated heterocycles. The minimum Gasteiger partial charge on any atom is -0.258 e. The van der Waals surface area contributed by atoms with Gasteiger partial charge in [0.15, 0.2) is 0 Å². The summed E-state index contributed by atoms with van der Waals surface area (Å²) in [6.07, 6.45) is 0. The quantitative estimate of drug-likeness (QED) is 0.546. The van der Waals surface area contributed by atoms with E-state index in [1.807, 2.05) is 13.8 Å². The van der Waals surface area contributed by atoms with Crippen LogP contribution in [-0.2, 0) is 7.05 Å². The summed E-state index contributed by atoms with van der Waals surface area (Å²) in [5.74, 6) is -0.000833. The summed E-state index contributed by atoms with van der Waals surface area (Å²) in [5, 5.41) is 14.7. The first-order valence-electron chi connectivity index (χ1n) is 3.82. The molecule has 1 aromatic rings. The van der Waals surface area contributed by atoms with E-state index in [0.29, 0.717) is 5.69 Å². The minimum atomic E-state index is -0.495. The molecule has 0 fully saturated rings. The van der Waals surface area contributed by atoms with Gasteiger partial charge in [0.1, 0.15) is 5.69 Å². The SMILES string of the molecule is CC(C)c1nn(C)c(Cl)c1[N+](=O)[O-]. The number of aromatic nitrogens is 2. The molecule has 0 aromatic carbocycles. The van der Waals surface area contributed by atoms with Crippen molar-refractivity contribution in [2.24, 2.45) is 7.05 Å². The second kappa shape index (κ2) is 3.33. The first-order chi connectivity index (χ1) is 5.95. The van der Waals surface area contributed by atoms with Gasteiger partial charge in [-0.1, -0.05) is 25.4 Å². The van der Waals surface area contributed by atoms with Crippen molar-refractivity contribution in [2.75, 3.05) is 0 Å². The molecule has 1 aromatic heterocycles. The van der Waals surface area contributed by atoms with Crippen LogP contribution in [0.1, 0.15) is 25.5 Å². The van der Waals surface area contributed by atoms with Crippen LogP contribution in [0.3, 0.4) is 0 Å². The van der Waals surface area contributed by atoms with Gasteiger partial charge in [0, 0.05) is 13.0 Å². The van der Waals surface area contributed by atoms with Crippen molar-refractivity contribution in [1.82, 2.24) is 9.78 Å². The van der Waals surface area contributed by atoms with Gasteiger partial charge >= 0.3 is 5.69 Å². The molecule has 1 heterocycles. The molecule has 0 aliphatic heterocycles. The largest absolute Gasteiger partial charge is 0.329 e. The Bertz CT molecular complexity index is 346. The van der Waals surface area contributed by atoms with E-state index in [-0.39, 0.29) is 16.8 Å². The van der Waals surface area contributed by atoms with E-state index in [0.717, 1.165) is 0 Å². The van der Waals surface area contributed by atoms with E-state index >= 15 is 0 Å². The summed E-state index contributed by atoms with van der Waals surface area (Å²) in [6, 6.07) is 0. The van der Waals surface area contributed by atoms with Crippen molar-refractivity contribution in [3.05, 3.63) is 21.0 Å². The standard InChI is InChI=1S/C7H10ClN3O2/c1-4(2)5-6(11(12)13)7(8)10(3)9-5/h4H,1-3H3. The molecule has 1 rings (SSSR count). The zero-order chi connectivity index (χ0) is 10.2. The number of halogens is 1. The van der Waals surface area contributed by atoms with Crippen LogP contribution in [0, 0.1) is 10.1 Å². The van der Waals surface area contributed by atoms with Gasteiger partial charge in [-0.15, -0.1) is 0 Å². The summed E-state index contributed by atoms with van der Waals surface area (Å²) in [5.41, 5.74) is 0.344. The summed E-state index contributed by atoms with van der Waals surface area (Å²) in [7, 11) is 1.58. The zero-order valence-electron chi connectivity index (χ0n) is 7.61. The fourth-order valence-electron chi connectivity index (χ4n) is 1.07. The summed E-state index contributed by atoms with van der Waals surface area (Å²) in [4.78, 5) is 10.1. The van der Waals surface area contributed by atoms with Crippen LogP contribution in [0.5, 0.6) is 0 Å². The van der Waals surface area contributed by atoms with Crippen molar-refractivity contribution >= 4 is 17.3 Å². The van der Waals surface area contributed by atoms with Gasteiger partial charge in [-0.3, -0.25) is 14.8 Å². The second-order valence-electron chi connectivity index (χ2n) is 3.06. The molecule has 6 heteroatoms. The molecule has 0 N–H and O–H groups in total. The van der Waals surface area contributed by atoms with E-state index in [2.05, 4.69) is 5.10 Å². The maximum Gasteiger partial charge on any atom is 0.329 e. The Balaban J connectivity index is 3.35. The monoisotopic (exact) mass is 203 g/mol. The molecule has 0 aliphatic carbocycles. The van der Waals surface area contributed by atoms with Crippen LogP contribution < -0.4 is 0 Å². The average molecular weight is 204 g/mol. The maximum atomic E-state index is 10.6. The molecule has 0 saturated carbocycles. The van der Waals surface area contributed by atoms with E-state index in [1.54, 1.807) is 7.05 Å². The Kier molecular flexibility index (Phi) is 2.56. The predicted molar refractivity (Wildman–Crippen MR) is 49.0 cm³/mol. The van der Waals surface area contributed by atoms with E-state index < -0.39 is 4.92 Å². The van der Waals surface area contributed by atoms with Gasteiger partial charge in [-0.05, 0) is 0 Å². The highest BCUT2D eigenvalue weighted by atomic mass is 35.5. The lowest BCUT2D eigenvalue weighted by Crippen LogP contribution is -1.95. The highest BCUT2D eigenvalue weighted by molar-refractivity contribution is 6.31. The van der Waals surface area contributed by atoms with Gasteiger partial charge in [-0.2, -0.15) is 5.10 Å². The Hall–Kier alpha value is -1.10. The lowest BCUT2D eigenvalue weighted by molar-refractivity contribution is -0.385. The third kappa shape index (κ3) is 1.65. The normalized spacial score (nSPS) is 10.8. The molecular formula is C7H10ClN3O2. The molecule has 5 nitrogen and oxygen atoms in total. The number of nitrogens with zero attached hydrogens (tertiary/aromatic N) is 3. The van der Waals surface area contributed by atoms with Gasteiger partial charge in [0.25, 0.3) is 0 Å². The summed E-state index contributed by atoms with van der Waals surface area (Å²) >= 11 is 5.71. The topological polar surface area (TPSA) is 61.0 Å². The summed E-state index contributed by atoms with van der Waals surface area (Å²) in [6.45, 7) is 3.68. The van der Waals surface area contributed by atoms with Gasteiger partial charge < -0.3 is 0 Å². The van der Waals surface area contributed by atoms with E-state index in [9.17, 15) is 10.1 Å². The number of rotatable bonds is 2. The first-order valence-corrected chi connectivity index (χ1v) is 4.19. The molecule has 0 bridgehead atoms. The van der Waals surface area contributed by atoms with Gasteiger partial charge in [0.2, 0.25) is 5.15 Å². The Morgan fingerprint density at radius 1 is 1.62 bits per heavy atom. The lowest BCUT2D eigenvalue weighted by atomic mass is 10.1. The number of nitro groups is 1. The molecule has 0 spiro atoms. The zero-order valence-corrected chi connectivity index (χ0v) is 8.37. The molecule has 0 radical (unpaired) electrons. The van der Waals surface area contributed by atoms with Gasteiger partial charge in [-0.25, -0.2) is 0 Å². The van der Waals surface area contributed by atoms with Crippen LogP contribution in [0.25, 0.3) is 0 Å². The van der Waals surface area contributed by atoms with Crippen LogP contribution in [0.2, 0.25) is 5.15 Å². The fraction of sp³-hybridized carbons (Fsp3) is 0.571. The van der Waals surface area contributed by atoms with Crippen molar-refractivity contribution in [1.29, 1.82) is 0 Å². The smallest absolute Gasteiger partial charge is 0.258 e. The molecular weight excluding hydrogens is 194 g/mol. The Labute approximate surface area is 80.5 Å². The predicted octanol–water partition coefficient (Wildman–Crippen LogP) is 2.11. The Morgan fingerprint density at radius 2 is 2.15 bits per heavy atom. The van der Waals surface area contributed by atoms with Crippen molar-refractivity contribution in [3.63, 3.8) is 0 Å². The maximum absolute atomic E-state index is 10.6. The average Bonchev–Trinajstić information content (AvgIpc) is 2.28. The second-order valence-corrected chi connectivity index (χ2v) is 3.42. The number of hydrogen-bond acceptors (Lipinski definition) is 3. The fourth-order valence-corrected chi connectivity index (χ4v) is 1.27. The third-order valence-corrected chi connectivity index (χ3v) is 2.13. The number of aryl methyl sites for hydroxylation is 1. The van der Waals surface area contributed by atoms with Crippen molar-refractivity contribution in [3.8, 4) is 0 Å². The minimum absolute atomic E-state index is 0.000833. The lowest BCUT2D eigenvalue weighted by Gasteiger charge is -1.97. The molecule has 72 valence electrons. The highest BCUT2D eigenvalue weighted by Crippen LogP contribution is 2.31. The van der Waals surface area contributed by atoms with Crippen LogP contribution in [0.4, 0.5) is 5.69 Å². The van der Waals surface area contributed by atoms with Crippen molar-refractivity contribution < 1.29 is 4.92 Å². The number of hydrogen-bond donors (Lipinski definition) is 0. The third-order valence-electron chi connectivity index (χ3n) is 1.71. The highest BCUT2D eigenvalue weighted by Gasteiger charge is 2.26. The van der Waals surface area contributed by atoms with Crippen molar-refractivity contribution in [2.45, 2.75) is 19.8 Å². The van der Waals surface area contributed by atoms with Crippen LogP contribution in [-0.4, -0.2) is 14.7 Å². The molecule has 13 heavy (non-hydrogen) atoms. The van der Waals surface area contributed by atoms with E-state index in [1.165, 1.54) is 4.68 Å². The van der Waals surface area contributed by atoms with Gasteiger partial charge in [0.05, 0.1) is 4.92 Å². The van der Waals surface area contributed by atoms with Crippen LogP contribution in [0.15, 0.2) is 0 Å². The Morgan fingerprint density at radius 3 is 2.46 bits per heavy atom.